The van der Waals surface area contributed by atoms with Crippen LogP contribution in [0, 0.1) is 0 Å². The lowest BCUT2D eigenvalue weighted by Gasteiger charge is -2.11. The molecule has 96 valence electrons. The summed E-state index contributed by atoms with van der Waals surface area (Å²) in [5.74, 6) is -0.166. The van der Waals surface area contributed by atoms with Crippen molar-refractivity contribution in [3.63, 3.8) is 0 Å². The van der Waals surface area contributed by atoms with Crippen molar-refractivity contribution >= 4 is 23.5 Å². The highest BCUT2D eigenvalue weighted by atomic mass is 19.4. The van der Waals surface area contributed by atoms with E-state index >= 15 is 0 Å². The van der Waals surface area contributed by atoms with E-state index in [1.54, 1.807) is 0 Å². The van der Waals surface area contributed by atoms with Crippen molar-refractivity contribution < 1.29 is 22.7 Å². The van der Waals surface area contributed by atoms with Gasteiger partial charge in [0.25, 0.3) is 0 Å². The zero-order valence-corrected chi connectivity index (χ0v) is 9.12. The molecule has 0 saturated heterocycles. The summed E-state index contributed by atoms with van der Waals surface area (Å²) in [6, 6.07) is 4.16. The number of anilines is 1. The van der Waals surface area contributed by atoms with Crippen LogP contribution in [-0.2, 0) is 4.79 Å². The first-order chi connectivity index (χ1) is 8.44. The maximum atomic E-state index is 12.0. The van der Waals surface area contributed by atoms with Crippen molar-refractivity contribution in [2.24, 2.45) is 4.99 Å². The molecule has 0 unspecified atom stereocenters. The highest BCUT2D eigenvalue weighted by molar-refractivity contribution is 6.03. The van der Waals surface area contributed by atoms with E-state index in [1.165, 1.54) is 24.4 Å². The number of carbonyl (C=O) groups excluding carboxylic acids is 1. The molecule has 1 amide bonds. The van der Waals surface area contributed by atoms with Gasteiger partial charge in [-0.25, -0.2) is 0 Å². The second kappa shape index (κ2) is 4.67. The lowest BCUT2D eigenvalue weighted by Crippen LogP contribution is -2.19. The highest BCUT2D eigenvalue weighted by Gasteiger charge is 2.28. The Balaban J connectivity index is 2.16. The smallest absolute Gasteiger partial charge is 0.422 e. The Kier molecular flexibility index (Phi) is 3.22. The van der Waals surface area contributed by atoms with E-state index in [0.29, 0.717) is 11.4 Å². The molecule has 0 aliphatic carbocycles. The first-order valence-electron chi connectivity index (χ1n) is 5.10. The number of benzene rings is 1. The highest BCUT2D eigenvalue weighted by Crippen LogP contribution is 2.31. The molecule has 1 aliphatic rings. The van der Waals surface area contributed by atoms with E-state index in [-0.39, 0.29) is 18.1 Å². The summed E-state index contributed by atoms with van der Waals surface area (Å²) in [6.45, 7) is -1.36. The van der Waals surface area contributed by atoms with E-state index in [9.17, 15) is 18.0 Å². The van der Waals surface area contributed by atoms with Crippen LogP contribution < -0.4 is 10.1 Å². The Morgan fingerprint density at radius 3 is 2.89 bits per heavy atom. The standard InChI is InChI=1S/C11H9F3N2O2/c12-11(13,14)6-18-7-1-2-8-9(5-7)15-4-3-10(17)16-8/h1-2,4-5H,3,6H2,(H,16,17). The Morgan fingerprint density at radius 2 is 2.17 bits per heavy atom. The Morgan fingerprint density at radius 1 is 1.39 bits per heavy atom. The molecule has 0 aromatic heterocycles. The maximum Gasteiger partial charge on any atom is 0.422 e. The zero-order chi connectivity index (χ0) is 13.2. The van der Waals surface area contributed by atoms with Crippen molar-refractivity contribution in [1.82, 2.24) is 0 Å². The van der Waals surface area contributed by atoms with E-state index in [0.717, 1.165) is 0 Å². The van der Waals surface area contributed by atoms with Crippen LogP contribution in [0.25, 0.3) is 0 Å². The molecule has 18 heavy (non-hydrogen) atoms. The van der Waals surface area contributed by atoms with Crippen LogP contribution >= 0.6 is 0 Å². The molecule has 0 radical (unpaired) electrons. The molecule has 0 saturated carbocycles. The van der Waals surface area contributed by atoms with Crippen LogP contribution in [0.1, 0.15) is 6.42 Å². The molecule has 1 aromatic carbocycles. The topological polar surface area (TPSA) is 50.7 Å². The van der Waals surface area contributed by atoms with Gasteiger partial charge in [-0.15, -0.1) is 0 Å². The minimum absolute atomic E-state index is 0.0550. The van der Waals surface area contributed by atoms with Crippen molar-refractivity contribution in [2.45, 2.75) is 12.6 Å². The van der Waals surface area contributed by atoms with E-state index in [1.807, 2.05) is 0 Å². The van der Waals surface area contributed by atoms with Crippen LogP contribution in [0.2, 0.25) is 0 Å². The van der Waals surface area contributed by atoms with Crippen molar-refractivity contribution in [2.75, 3.05) is 11.9 Å². The third kappa shape index (κ3) is 3.22. The van der Waals surface area contributed by atoms with Crippen LogP contribution in [0.3, 0.4) is 0 Å². The molecule has 4 nitrogen and oxygen atoms in total. The van der Waals surface area contributed by atoms with Gasteiger partial charge in [-0.1, -0.05) is 0 Å². The normalized spacial score (nSPS) is 14.7. The quantitative estimate of drug-likeness (QED) is 0.886. The minimum Gasteiger partial charge on any atom is -0.484 e. The Bertz CT molecular complexity index is 498. The van der Waals surface area contributed by atoms with Gasteiger partial charge in [-0.3, -0.25) is 9.79 Å². The number of fused-ring (bicyclic) bond motifs is 1. The molecule has 1 heterocycles. The largest absolute Gasteiger partial charge is 0.484 e. The summed E-state index contributed by atoms with van der Waals surface area (Å²) in [5, 5.41) is 2.58. The van der Waals surface area contributed by atoms with Gasteiger partial charge in [0.05, 0.1) is 17.8 Å². The summed E-state index contributed by atoms with van der Waals surface area (Å²) >= 11 is 0. The average Bonchev–Trinajstić information content (AvgIpc) is 2.45. The van der Waals surface area contributed by atoms with Gasteiger partial charge in [0.1, 0.15) is 5.75 Å². The molecule has 0 bridgehead atoms. The molecule has 7 heteroatoms. The number of rotatable bonds is 2. The summed E-state index contributed by atoms with van der Waals surface area (Å²) in [5.41, 5.74) is 0.827. The number of hydrogen-bond acceptors (Lipinski definition) is 3. The molecule has 1 N–H and O–H groups in total. The number of halogens is 3. The number of amides is 1. The summed E-state index contributed by atoms with van der Waals surface area (Å²) in [4.78, 5) is 15.2. The van der Waals surface area contributed by atoms with E-state index in [2.05, 4.69) is 15.0 Å². The summed E-state index contributed by atoms with van der Waals surface area (Å²) < 4.78 is 40.5. The van der Waals surface area contributed by atoms with Gasteiger partial charge in [-0.2, -0.15) is 13.2 Å². The molecule has 1 aliphatic heterocycles. The van der Waals surface area contributed by atoms with Gasteiger partial charge in [0.15, 0.2) is 6.61 Å². The number of hydrogen-bond donors (Lipinski definition) is 1. The summed E-state index contributed by atoms with van der Waals surface area (Å²) in [6.07, 6.45) is -2.85. The average molecular weight is 258 g/mol. The van der Waals surface area contributed by atoms with Gasteiger partial charge >= 0.3 is 6.18 Å². The van der Waals surface area contributed by atoms with E-state index in [4.69, 9.17) is 0 Å². The minimum atomic E-state index is -4.38. The number of ether oxygens (including phenoxy) is 1. The number of nitrogens with zero attached hydrogens (tertiary/aromatic N) is 1. The molecule has 0 atom stereocenters. The second-order valence-electron chi connectivity index (χ2n) is 3.65. The van der Waals surface area contributed by atoms with Gasteiger partial charge in [-0.05, 0) is 12.1 Å². The third-order valence-corrected chi connectivity index (χ3v) is 2.15. The molecule has 2 rings (SSSR count). The van der Waals surface area contributed by atoms with Crippen LogP contribution in [0.4, 0.5) is 24.5 Å². The fourth-order valence-electron chi connectivity index (χ4n) is 1.41. The lowest BCUT2D eigenvalue weighted by atomic mass is 10.2. The Labute approximate surface area is 100 Å². The third-order valence-electron chi connectivity index (χ3n) is 2.15. The van der Waals surface area contributed by atoms with Crippen molar-refractivity contribution in [3.05, 3.63) is 18.2 Å². The van der Waals surface area contributed by atoms with Crippen LogP contribution in [0.5, 0.6) is 5.75 Å². The molecule has 1 aromatic rings. The molecule has 0 spiro atoms. The van der Waals surface area contributed by atoms with E-state index < -0.39 is 12.8 Å². The summed E-state index contributed by atoms with van der Waals surface area (Å²) in [7, 11) is 0. The van der Waals surface area contributed by atoms with Gasteiger partial charge < -0.3 is 10.1 Å². The maximum absolute atomic E-state index is 12.0. The first kappa shape index (κ1) is 12.4. The first-order valence-corrected chi connectivity index (χ1v) is 5.10. The molecular formula is C11H9F3N2O2. The monoisotopic (exact) mass is 258 g/mol. The Hall–Kier alpha value is -2.05. The van der Waals surface area contributed by atoms with Gasteiger partial charge in [0.2, 0.25) is 5.91 Å². The van der Waals surface area contributed by atoms with Crippen molar-refractivity contribution in [1.29, 1.82) is 0 Å². The SMILES string of the molecule is O=C1CC=Nc2cc(OCC(F)(F)F)ccc2N1. The predicted octanol–water partition coefficient (Wildman–Crippen LogP) is 2.67. The molecular weight excluding hydrogens is 249 g/mol. The number of carbonyl (C=O) groups is 1. The number of nitrogens with one attached hydrogen (secondary N) is 1. The fraction of sp³-hybridized carbons (Fsp3) is 0.273. The number of alkyl halides is 3. The van der Waals surface area contributed by atoms with Crippen molar-refractivity contribution in [3.8, 4) is 5.75 Å². The zero-order valence-electron chi connectivity index (χ0n) is 9.12. The van der Waals surface area contributed by atoms with Crippen LogP contribution in [0.15, 0.2) is 23.2 Å². The van der Waals surface area contributed by atoms with Gasteiger partial charge in [0, 0.05) is 12.3 Å². The van der Waals surface area contributed by atoms with Crippen LogP contribution in [-0.4, -0.2) is 24.9 Å². The molecule has 0 fully saturated rings. The predicted molar refractivity (Wildman–Crippen MR) is 59.4 cm³/mol. The second-order valence-corrected chi connectivity index (χ2v) is 3.65. The number of aliphatic imine (C=N–C) groups is 1. The lowest BCUT2D eigenvalue weighted by molar-refractivity contribution is -0.153. The fourth-order valence-corrected chi connectivity index (χ4v) is 1.41.